The molecule has 28 heavy (non-hydrogen) atoms. The summed E-state index contributed by atoms with van der Waals surface area (Å²) < 4.78 is 27.9. The largest absolute Gasteiger partial charge is 0.409 e. The van der Waals surface area contributed by atoms with Crippen molar-refractivity contribution in [2.45, 2.75) is 6.92 Å². The van der Waals surface area contributed by atoms with Crippen molar-refractivity contribution < 1.29 is 14.0 Å². The molecule has 0 spiro atoms. The zero-order valence-electron chi connectivity index (χ0n) is 15.0. The zero-order valence-corrected chi connectivity index (χ0v) is 15.0. The van der Waals surface area contributed by atoms with Gasteiger partial charge in [0.15, 0.2) is 5.84 Å². The number of nitrogens with zero attached hydrogens (tertiary/aromatic N) is 1. The SMILES string of the molecule is Cc1cc(C(N)=NO)c(-c2cc(F)cc(F)c2)c(-c2ccc3cc[nH]c3c2)c1. The normalized spacial score (nSPS) is 11.9. The van der Waals surface area contributed by atoms with Gasteiger partial charge < -0.3 is 15.9 Å². The van der Waals surface area contributed by atoms with E-state index < -0.39 is 11.6 Å². The van der Waals surface area contributed by atoms with Gasteiger partial charge in [0.05, 0.1) is 0 Å². The van der Waals surface area contributed by atoms with Crippen LogP contribution in [0, 0.1) is 18.6 Å². The maximum atomic E-state index is 14.0. The van der Waals surface area contributed by atoms with Crippen LogP contribution in [0.2, 0.25) is 0 Å². The molecule has 6 heteroatoms. The first kappa shape index (κ1) is 17.7. The monoisotopic (exact) mass is 377 g/mol. The number of aryl methyl sites for hydroxylation is 1. The molecule has 0 unspecified atom stereocenters. The highest BCUT2D eigenvalue weighted by Crippen LogP contribution is 2.37. The molecule has 0 saturated heterocycles. The Bertz CT molecular complexity index is 1210. The number of amidine groups is 1. The molecule has 1 heterocycles. The lowest BCUT2D eigenvalue weighted by atomic mass is 9.88. The highest BCUT2D eigenvalue weighted by atomic mass is 19.1. The summed E-state index contributed by atoms with van der Waals surface area (Å²) in [6.07, 6.45) is 1.84. The second-order valence-electron chi connectivity index (χ2n) is 6.66. The Morgan fingerprint density at radius 1 is 0.964 bits per heavy atom. The summed E-state index contributed by atoms with van der Waals surface area (Å²) >= 11 is 0. The van der Waals surface area contributed by atoms with Gasteiger partial charge in [0.2, 0.25) is 0 Å². The lowest BCUT2D eigenvalue weighted by Gasteiger charge is -2.17. The minimum atomic E-state index is -0.702. The summed E-state index contributed by atoms with van der Waals surface area (Å²) in [4.78, 5) is 3.16. The number of aromatic nitrogens is 1. The van der Waals surface area contributed by atoms with Gasteiger partial charge in [-0.15, -0.1) is 0 Å². The van der Waals surface area contributed by atoms with Gasteiger partial charge in [-0.05, 0) is 64.9 Å². The molecule has 1 aromatic heterocycles. The number of oxime groups is 1. The smallest absolute Gasteiger partial charge is 0.170 e. The number of hydrogen-bond donors (Lipinski definition) is 3. The van der Waals surface area contributed by atoms with Gasteiger partial charge >= 0.3 is 0 Å². The maximum absolute atomic E-state index is 14.0. The number of nitrogens with one attached hydrogen (secondary N) is 1. The summed E-state index contributed by atoms with van der Waals surface area (Å²) in [5.41, 5.74) is 10.5. The van der Waals surface area contributed by atoms with E-state index in [1.807, 2.05) is 43.5 Å². The van der Waals surface area contributed by atoms with Crippen LogP contribution in [0.1, 0.15) is 11.1 Å². The Morgan fingerprint density at radius 3 is 2.43 bits per heavy atom. The topological polar surface area (TPSA) is 74.4 Å². The molecule has 4 rings (SSSR count). The molecule has 0 saturated carbocycles. The lowest BCUT2D eigenvalue weighted by molar-refractivity contribution is 0.318. The van der Waals surface area contributed by atoms with E-state index in [0.717, 1.165) is 33.7 Å². The number of H-pyrrole nitrogens is 1. The summed E-state index contributed by atoms with van der Waals surface area (Å²) in [5.74, 6) is -1.54. The third-order valence-corrected chi connectivity index (χ3v) is 4.68. The Labute approximate surface area is 159 Å². The van der Waals surface area contributed by atoms with Crippen LogP contribution in [-0.2, 0) is 0 Å². The average molecular weight is 377 g/mol. The molecule has 0 amide bonds. The average Bonchev–Trinajstić information content (AvgIpc) is 3.13. The van der Waals surface area contributed by atoms with Crippen molar-refractivity contribution in [1.82, 2.24) is 4.98 Å². The standard InChI is InChI=1S/C22H17F2N3O/c1-12-6-18(14-3-2-13-4-5-26-20(13)10-14)21(19(7-12)22(25)27-28)15-8-16(23)11-17(24)9-15/h2-11,26,28H,1H3,(H2,25,27). The van der Waals surface area contributed by atoms with E-state index in [0.29, 0.717) is 16.7 Å². The third-order valence-electron chi connectivity index (χ3n) is 4.68. The van der Waals surface area contributed by atoms with Gasteiger partial charge in [-0.2, -0.15) is 0 Å². The van der Waals surface area contributed by atoms with E-state index in [2.05, 4.69) is 10.1 Å². The van der Waals surface area contributed by atoms with Gasteiger partial charge in [-0.1, -0.05) is 23.4 Å². The molecule has 0 atom stereocenters. The second-order valence-corrected chi connectivity index (χ2v) is 6.66. The molecular formula is C22H17F2N3O. The maximum Gasteiger partial charge on any atom is 0.170 e. The molecule has 140 valence electrons. The zero-order chi connectivity index (χ0) is 19.8. The lowest BCUT2D eigenvalue weighted by Crippen LogP contribution is -2.15. The molecular weight excluding hydrogens is 360 g/mol. The van der Waals surface area contributed by atoms with Crippen molar-refractivity contribution in [3.63, 3.8) is 0 Å². The van der Waals surface area contributed by atoms with Crippen LogP contribution in [0.5, 0.6) is 0 Å². The minimum absolute atomic E-state index is 0.134. The molecule has 0 aliphatic carbocycles. The molecule has 4 aromatic rings. The summed E-state index contributed by atoms with van der Waals surface area (Å²) in [7, 11) is 0. The number of fused-ring (bicyclic) bond motifs is 1. The molecule has 0 radical (unpaired) electrons. The fourth-order valence-corrected chi connectivity index (χ4v) is 3.49. The molecule has 0 aliphatic heterocycles. The molecule has 4 N–H and O–H groups in total. The highest BCUT2D eigenvalue weighted by molar-refractivity contribution is 6.07. The number of hydrogen-bond acceptors (Lipinski definition) is 2. The summed E-state index contributed by atoms with van der Waals surface area (Å²) in [5, 5.41) is 13.4. The van der Waals surface area contributed by atoms with E-state index in [1.54, 1.807) is 6.07 Å². The highest BCUT2D eigenvalue weighted by Gasteiger charge is 2.18. The first-order valence-corrected chi connectivity index (χ1v) is 8.63. The molecule has 0 bridgehead atoms. The van der Waals surface area contributed by atoms with Crippen molar-refractivity contribution in [2.24, 2.45) is 10.9 Å². The summed E-state index contributed by atoms with van der Waals surface area (Å²) in [6, 6.07) is 14.7. The van der Waals surface area contributed by atoms with Gasteiger partial charge in [0, 0.05) is 28.9 Å². The van der Waals surface area contributed by atoms with Gasteiger partial charge in [0.25, 0.3) is 0 Å². The van der Waals surface area contributed by atoms with Crippen molar-refractivity contribution in [3.05, 3.63) is 83.6 Å². The van der Waals surface area contributed by atoms with Gasteiger partial charge in [0.1, 0.15) is 11.6 Å². The summed E-state index contributed by atoms with van der Waals surface area (Å²) in [6.45, 7) is 1.88. The van der Waals surface area contributed by atoms with E-state index >= 15 is 0 Å². The third kappa shape index (κ3) is 3.09. The van der Waals surface area contributed by atoms with Crippen LogP contribution in [0.15, 0.2) is 65.9 Å². The Morgan fingerprint density at radius 2 is 1.71 bits per heavy atom. The van der Waals surface area contributed by atoms with Crippen LogP contribution in [0.4, 0.5) is 8.78 Å². The van der Waals surface area contributed by atoms with Crippen molar-refractivity contribution in [3.8, 4) is 22.3 Å². The molecule has 0 aliphatic rings. The van der Waals surface area contributed by atoms with E-state index in [-0.39, 0.29) is 5.84 Å². The predicted octanol–water partition coefficient (Wildman–Crippen LogP) is 5.18. The van der Waals surface area contributed by atoms with Gasteiger partial charge in [-0.25, -0.2) is 8.78 Å². The molecule has 4 nitrogen and oxygen atoms in total. The van der Waals surface area contributed by atoms with Crippen LogP contribution in [-0.4, -0.2) is 16.0 Å². The Hall–Kier alpha value is -3.67. The fourth-order valence-electron chi connectivity index (χ4n) is 3.49. The van der Waals surface area contributed by atoms with Crippen molar-refractivity contribution >= 4 is 16.7 Å². The first-order chi connectivity index (χ1) is 13.5. The Balaban J connectivity index is 2.08. The van der Waals surface area contributed by atoms with E-state index in [1.165, 1.54) is 12.1 Å². The van der Waals surface area contributed by atoms with Crippen LogP contribution in [0.25, 0.3) is 33.2 Å². The number of halogens is 2. The number of nitrogens with two attached hydrogens (primary N) is 1. The second kappa shape index (κ2) is 6.81. The van der Waals surface area contributed by atoms with Crippen LogP contribution < -0.4 is 5.73 Å². The number of benzene rings is 3. The first-order valence-electron chi connectivity index (χ1n) is 8.63. The van der Waals surface area contributed by atoms with Crippen LogP contribution in [0.3, 0.4) is 0 Å². The number of rotatable bonds is 3. The van der Waals surface area contributed by atoms with Crippen molar-refractivity contribution in [1.29, 1.82) is 0 Å². The minimum Gasteiger partial charge on any atom is -0.409 e. The number of aromatic amines is 1. The van der Waals surface area contributed by atoms with E-state index in [9.17, 15) is 14.0 Å². The molecule has 3 aromatic carbocycles. The van der Waals surface area contributed by atoms with Gasteiger partial charge in [-0.3, -0.25) is 0 Å². The predicted molar refractivity (Wildman–Crippen MR) is 106 cm³/mol. The van der Waals surface area contributed by atoms with Crippen LogP contribution >= 0.6 is 0 Å². The van der Waals surface area contributed by atoms with E-state index in [4.69, 9.17) is 5.73 Å². The molecule has 0 fully saturated rings. The van der Waals surface area contributed by atoms with Crippen molar-refractivity contribution in [2.75, 3.05) is 0 Å². The Kier molecular flexibility index (Phi) is 4.31. The fraction of sp³-hybridized carbons (Fsp3) is 0.0455. The quantitative estimate of drug-likeness (QED) is 0.199.